The Morgan fingerprint density at radius 1 is 0.833 bits per heavy atom. The standard InChI is InChI=1S/C22H15BrO/c23-17-11-12-18-19(14-17)22(24)20(13-15-7-3-1-4-8-15)21(18)16-9-5-2-6-10-16/h1-14,21H/b20-13+. The van der Waals surface area contributed by atoms with Crippen molar-refractivity contribution in [1.29, 1.82) is 0 Å². The minimum atomic E-state index is -0.0120. The summed E-state index contributed by atoms with van der Waals surface area (Å²) in [6.07, 6.45) is 2.02. The number of benzene rings is 3. The van der Waals surface area contributed by atoms with Crippen LogP contribution in [0, 0.1) is 0 Å². The van der Waals surface area contributed by atoms with Gasteiger partial charge in [0.15, 0.2) is 5.78 Å². The largest absolute Gasteiger partial charge is 0.289 e. The highest BCUT2D eigenvalue weighted by molar-refractivity contribution is 9.10. The van der Waals surface area contributed by atoms with Crippen molar-refractivity contribution in [2.45, 2.75) is 5.92 Å². The Morgan fingerprint density at radius 2 is 1.50 bits per heavy atom. The first-order valence-corrected chi connectivity index (χ1v) is 8.69. The lowest BCUT2D eigenvalue weighted by Gasteiger charge is -2.14. The van der Waals surface area contributed by atoms with E-state index in [4.69, 9.17) is 0 Å². The van der Waals surface area contributed by atoms with Gasteiger partial charge in [-0.3, -0.25) is 4.79 Å². The second-order valence-corrected chi connectivity index (χ2v) is 6.83. The van der Waals surface area contributed by atoms with Gasteiger partial charge in [0.05, 0.1) is 0 Å². The van der Waals surface area contributed by atoms with E-state index in [0.717, 1.165) is 32.3 Å². The normalized spacial score (nSPS) is 18.0. The van der Waals surface area contributed by atoms with Crippen molar-refractivity contribution in [3.8, 4) is 0 Å². The minimum Gasteiger partial charge on any atom is -0.289 e. The van der Waals surface area contributed by atoms with Crippen LogP contribution >= 0.6 is 15.9 Å². The fourth-order valence-electron chi connectivity index (χ4n) is 3.31. The number of halogens is 1. The molecule has 0 N–H and O–H groups in total. The summed E-state index contributed by atoms with van der Waals surface area (Å²) in [4.78, 5) is 13.0. The minimum absolute atomic E-state index is 0.0120. The van der Waals surface area contributed by atoms with Crippen LogP contribution in [-0.4, -0.2) is 5.78 Å². The molecule has 0 saturated heterocycles. The molecular weight excluding hydrogens is 360 g/mol. The maximum absolute atomic E-state index is 13.0. The molecule has 0 aliphatic heterocycles. The van der Waals surface area contributed by atoms with Crippen molar-refractivity contribution >= 4 is 27.8 Å². The van der Waals surface area contributed by atoms with Crippen molar-refractivity contribution in [3.63, 3.8) is 0 Å². The maximum atomic E-state index is 13.0. The predicted molar refractivity (Wildman–Crippen MR) is 101 cm³/mol. The van der Waals surface area contributed by atoms with Crippen LogP contribution in [0.2, 0.25) is 0 Å². The van der Waals surface area contributed by atoms with E-state index in [2.05, 4.69) is 34.1 Å². The average Bonchev–Trinajstić information content (AvgIpc) is 2.89. The average molecular weight is 375 g/mol. The molecule has 0 aromatic heterocycles. The van der Waals surface area contributed by atoms with Gasteiger partial charge in [0.1, 0.15) is 0 Å². The zero-order valence-electron chi connectivity index (χ0n) is 12.9. The van der Waals surface area contributed by atoms with E-state index in [9.17, 15) is 4.79 Å². The number of Topliss-reactive ketones (excluding diaryl/α,β-unsaturated/α-hetero) is 1. The number of hydrogen-bond donors (Lipinski definition) is 0. The van der Waals surface area contributed by atoms with Gasteiger partial charge < -0.3 is 0 Å². The summed E-state index contributed by atoms with van der Waals surface area (Å²) in [6.45, 7) is 0. The first-order valence-electron chi connectivity index (χ1n) is 7.90. The third kappa shape index (κ3) is 2.63. The maximum Gasteiger partial charge on any atom is 0.190 e. The van der Waals surface area contributed by atoms with Crippen LogP contribution in [-0.2, 0) is 0 Å². The third-order valence-corrected chi connectivity index (χ3v) is 4.89. The van der Waals surface area contributed by atoms with E-state index in [-0.39, 0.29) is 11.7 Å². The Hall–Kier alpha value is -2.45. The molecule has 1 nitrogen and oxygen atoms in total. The Balaban J connectivity index is 1.92. The number of carbonyl (C=O) groups is 1. The summed E-state index contributed by atoms with van der Waals surface area (Å²) in [6, 6.07) is 26.3. The molecule has 0 saturated carbocycles. The van der Waals surface area contributed by atoms with Crippen LogP contribution in [0.1, 0.15) is 33.0 Å². The van der Waals surface area contributed by atoms with Crippen molar-refractivity contribution in [2.24, 2.45) is 0 Å². The van der Waals surface area contributed by atoms with Gasteiger partial charge in [-0.05, 0) is 34.9 Å². The topological polar surface area (TPSA) is 17.1 Å². The lowest BCUT2D eigenvalue weighted by Crippen LogP contribution is -2.02. The fourth-order valence-corrected chi connectivity index (χ4v) is 3.67. The van der Waals surface area contributed by atoms with E-state index in [1.54, 1.807) is 0 Å². The Kier molecular flexibility index (Phi) is 3.91. The Morgan fingerprint density at radius 3 is 2.21 bits per heavy atom. The van der Waals surface area contributed by atoms with Gasteiger partial charge in [-0.25, -0.2) is 0 Å². The summed E-state index contributed by atoms with van der Waals surface area (Å²) in [5.74, 6) is 0.103. The lowest BCUT2D eigenvalue weighted by atomic mass is 9.89. The molecule has 0 radical (unpaired) electrons. The molecule has 0 spiro atoms. The number of hydrogen-bond acceptors (Lipinski definition) is 1. The molecule has 0 heterocycles. The molecule has 1 atom stereocenters. The smallest absolute Gasteiger partial charge is 0.190 e. The van der Waals surface area contributed by atoms with E-state index >= 15 is 0 Å². The molecule has 0 bridgehead atoms. The summed E-state index contributed by atoms with van der Waals surface area (Å²) in [5.41, 5.74) is 4.90. The summed E-state index contributed by atoms with van der Waals surface area (Å²) in [7, 11) is 0. The molecule has 1 aliphatic carbocycles. The van der Waals surface area contributed by atoms with Gasteiger partial charge in [-0.2, -0.15) is 0 Å². The van der Waals surface area contributed by atoms with E-state index < -0.39 is 0 Å². The summed E-state index contributed by atoms with van der Waals surface area (Å²) >= 11 is 3.48. The molecule has 1 unspecified atom stereocenters. The van der Waals surface area contributed by atoms with Gasteiger partial charge in [0, 0.05) is 21.5 Å². The van der Waals surface area contributed by atoms with Crippen LogP contribution in [0.5, 0.6) is 0 Å². The highest BCUT2D eigenvalue weighted by Gasteiger charge is 2.35. The zero-order valence-corrected chi connectivity index (χ0v) is 14.5. The molecule has 24 heavy (non-hydrogen) atoms. The molecule has 3 aromatic rings. The number of carbonyl (C=O) groups excluding carboxylic acids is 1. The molecule has 116 valence electrons. The molecule has 2 heteroatoms. The van der Waals surface area contributed by atoms with E-state index in [1.807, 2.05) is 66.7 Å². The monoisotopic (exact) mass is 374 g/mol. The SMILES string of the molecule is O=C1/C(=C/c2ccccc2)C(c2ccccc2)c2ccc(Br)cc21. The fraction of sp³-hybridized carbons (Fsp3) is 0.0455. The van der Waals surface area contributed by atoms with Crippen molar-refractivity contribution in [1.82, 2.24) is 0 Å². The molecule has 0 amide bonds. The van der Waals surface area contributed by atoms with Crippen LogP contribution in [0.3, 0.4) is 0 Å². The van der Waals surface area contributed by atoms with Gasteiger partial charge in [-0.15, -0.1) is 0 Å². The Bertz CT molecular complexity index is 927. The van der Waals surface area contributed by atoms with Crippen LogP contribution in [0.25, 0.3) is 6.08 Å². The zero-order chi connectivity index (χ0) is 16.5. The summed E-state index contributed by atoms with van der Waals surface area (Å²) < 4.78 is 0.933. The highest BCUT2D eigenvalue weighted by Crippen LogP contribution is 2.43. The number of ketones is 1. The third-order valence-electron chi connectivity index (χ3n) is 4.40. The quantitative estimate of drug-likeness (QED) is 0.513. The van der Waals surface area contributed by atoms with Crippen LogP contribution < -0.4 is 0 Å². The van der Waals surface area contributed by atoms with Gasteiger partial charge in [0.25, 0.3) is 0 Å². The molecule has 0 fully saturated rings. The number of allylic oxidation sites excluding steroid dienone is 1. The van der Waals surface area contributed by atoms with Crippen molar-refractivity contribution < 1.29 is 4.79 Å². The summed E-state index contributed by atoms with van der Waals surface area (Å²) in [5, 5.41) is 0. The first kappa shape index (κ1) is 15.1. The number of rotatable bonds is 2. The Labute approximate surface area is 149 Å². The van der Waals surface area contributed by atoms with E-state index in [0.29, 0.717) is 0 Å². The van der Waals surface area contributed by atoms with Gasteiger partial charge >= 0.3 is 0 Å². The van der Waals surface area contributed by atoms with Crippen molar-refractivity contribution in [3.05, 3.63) is 111 Å². The highest BCUT2D eigenvalue weighted by atomic mass is 79.9. The predicted octanol–water partition coefficient (Wildman–Crippen LogP) is 5.86. The molecule has 1 aliphatic rings. The van der Waals surface area contributed by atoms with Crippen molar-refractivity contribution in [2.75, 3.05) is 0 Å². The molecule has 4 rings (SSSR count). The van der Waals surface area contributed by atoms with Gasteiger partial charge in [0.2, 0.25) is 0 Å². The van der Waals surface area contributed by atoms with Crippen LogP contribution in [0.4, 0.5) is 0 Å². The van der Waals surface area contributed by atoms with E-state index in [1.165, 1.54) is 0 Å². The van der Waals surface area contributed by atoms with Crippen LogP contribution in [0.15, 0.2) is 88.9 Å². The first-order chi connectivity index (χ1) is 11.7. The van der Waals surface area contributed by atoms with Gasteiger partial charge in [-0.1, -0.05) is 82.7 Å². The lowest BCUT2D eigenvalue weighted by molar-refractivity contribution is 0.103. The molecular formula is C22H15BrO. The number of fused-ring (bicyclic) bond motifs is 1. The second-order valence-electron chi connectivity index (χ2n) is 5.91. The molecule has 3 aromatic carbocycles. The second kappa shape index (κ2) is 6.21.